The third kappa shape index (κ3) is 4.36. The number of alkyl halides is 3. The summed E-state index contributed by atoms with van der Waals surface area (Å²) in [7, 11) is 0. The Bertz CT molecular complexity index is 844. The number of aromatic amines is 1. The molecule has 142 valence electrons. The van der Waals surface area contributed by atoms with Gasteiger partial charge in [-0.3, -0.25) is 0 Å². The van der Waals surface area contributed by atoms with Gasteiger partial charge in [0.05, 0.1) is 16.9 Å². The smallest absolute Gasteiger partial charge is 0.370 e. The van der Waals surface area contributed by atoms with E-state index in [4.69, 9.17) is 0 Å². The summed E-state index contributed by atoms with van der Waals surface area (Å²) < 4.78 is 39.4. The Labute approximate surface area is 153 Å². The first-order valence-electron chi connectivity index (χ1n) is 8.45. The molecule has 0 bridgehead atoms. The summed E-state index contributed by atoms with van der Waals surface area (Å²) in [5.41, 5.74) is 0.233. The van der Waals surface area contributed by atoms with Gasteiger partial charge < -0.3 is 10.2 Å². The van der Waals surface area contributed by atoms with Gasteiger partial charge >= 0.3 is 6.18 Å². The minimum absolute atomic E-state index is 0.0550. The molecular formula is C17H18F3N7. The molecular weight excluding hydrogens is 359 g/mol. The quantitative estimate of drug-likeness (QED) is 0.793. The zero-order chi connectivity index (χ0) is 19.4. The fourth-order valence-electron chi connectivity index (χ4n) is 2.93. The maximum absolute atomic E-state index is 13.1. The minimum Gasteiger partial charge on any atom is -0.370 e. The highest BCUT2D eigenvalue weighted by Gasteiger charge is 2.31. The van der Waals surface area contributed by atoms with Crippen molar-refractivity contribution in [2.75, 3.05) is 23.3 Å². The fourth-order valence-corrected chi connectivity index (χ4v) is 2.93. The molecule has 0 spiro atoms. The number of nitrogens with one attached hydrogen (secondary N) is 2. The molecule has 1 aromatic heterocycles. The van der Waals surface area contributed by atoms with E-state index in [1.54, 1.807) is 0 Å². The van der Waals surface area contributed by atoms with Crippen LogP contribution in [0, 0.1) is 17.2 Å². The number of piperidine rings is 1. The number of rotatable bonds is 4. The van der Waals surface area contributed by atoms with E-state index in [9.17, 15) is 18.4 Å². The number of halogens is 3. The third-order valence-electron chi connectivity index (χ3n) is 4.53. The van der Waals surface area contributed by atoms with Gasteiger partial charge in [-0.1, -0.05) is 6.92 Å². The van der Waals surface area contributed by atoms with Gasteiger partial charge in [0.2, 0.25) is 5.82 Å². The van der Waals surface area contributed by atoms with E-state index < -0.39 is 11.7 Å². The van der Waals surface area contributed by atoms with Gasteiger partial charge in [-0.15, -0.1) is 10.2 Å². The van der Waals surface area contributed by atoms with Crippen molar-refractivity contribution in [1.29, 1.82) is 5.26 Å². The van der Waals surface area contributed by atoms with Crippen molar-refractivity contribution >= 4 is 16.9 Å². The van der Waals surface area contributed by atoms with Gasteiger partial charge in [0.25, 0.3) is 0 Å². The van der Waals surface area contributed by atoms with Crippen molar-refractivity contribution in [2.24, 2.45) is 5.92 Å². The van der Waals surface area contributed by atoms with Crippen LogP contribution in [0.5, 0.6) is 0 Å². The topological polar surface area (TPSA) is 93.5 Å². The molecule has 2 heterocycles. The second kappa shape index (κ2) is 7.65. The Kier molecular flexibility index (Phi) is 5.30. The number of anilines is 2. The molecule has 0 atom stereocenters. The second-order valence-electron chi connectivity index (χ2n) is 6.45. The summed E-state index contributed by atoms with van der Waals surface area (Å²) in [4.78, 5) is 2.05. The standard InChI is InChI=1S/C17H18F3N7/c1-11-4-6-27(7-5-11)15-3-2-13(17(18,19)20)8-14(15)22-10-12(9-21)16-23-25-26-24-16/h2-3,8,10-11,22H,4-7H2,1H3,(H,23,24,25,26). The van der Waals surface area contributed by atoms with Crippen LogP contribution >= 0.6 is 0 Å². The van der Waals surface area contributed by atoms with Crippen LogP contribution in [-0.2, 0) is 6.18 Å². The zero-order valence-corrected chi connectivity index (χ0v) is 14.6. The molecule has 1 fully saturated rings. The van der Waals surface area contributed by atoms with Crippen LogP contribution in [0.25, 0.3) is 5.57 Å². The normalized spacial score (nSPS) is 16.3. The van der Waals surface area contributed by atoms with Crippen molar-refractivity contribution in [1.82, 2.24) is 20.6 Å². The molecule has 2 N–H and O–H groups in total. The van der Waals surface area contributed by atoms with Crippen LogP contribution in [0.1, 0.15) is 31.2 Å². The monoisotopic (exact) mass is 377 g/mol. The Hall–Kier alpha value is -3.09. The highest BCUT2D eigenvalue weighted by Crippen LogP contribution is 2.37. The maximum Gasteiger partial charge on any atom is 0.416 e. The van der Waals surface area contributed by atoms with E-state index in [0.29, 0.717) is 11.6 Å². The summed E-state index contributed by atoms with van der Waals surface area (Å²) in [6.07, 6.45) is -1.22. The molecule has 27 heavy (non-hydrogen) atoms. The molecule has 0 amide bonds. The van der Waals surface area contributed by atoms with Crippen molar-refractivity contribution in [3.8, 4) is 6.07 Å². The lowest BCUT2D eigenvalue weighted by Gasteiger charge is -2.33. The number of hydrogen-bond acceptors (Lipinski definition) is 6. The summed E-state index contributed by atoms with van der Waals surface area (Å²) in [5, 5.41) is 25.1. The van der Waals surface area contributed by atoms with E-state index in [0.717, 1.165) is 38.1 Å². The minimum atomic E-state index is -4.46. The molecule has 7 nitrogen and oxygen atoms in total. The zero-order valence-electron chi connectivity index (χ0n) is 14.6. The van der Waals surface area contributed by atoms with Crippen molar-refractivity contribution in [3.05, 3.63) is 35.8 Å². The Morgan fingerprint density at radius 1 is 1.37 bits per heavy atom. The number of tetrazole rings is 1. The Morgan fingerprint density at radius 3 is 2.70 bits per heavy atom. The molecule has 2 aromatic rings. The average molecular weight is 377 g/mol. The van der Waals surface area contributed by atoms with Crippen LogP contribution in [0.4, 0.5) is 24.5 Å². The first-order valence-corrected chi connectivity index (χ1v) is 8.45. The SMILES string of the molecule is CC1CCN(c2ccc(C(F)(F)F)cc2NC=C(C#N)c2nn[nH]n2)CC1. The molecule has 0 aliphatic carbocycles. The number of aromatic nitrogens is 4. The first-order chi connectivity index (χ1) is 12.9. The van der Waals surface area contributed by atoms with Gasteiger partial charge in [-0.25, -0.2) is 0 Å². The lowest BCUT2D eigenvalue weighted by molar-refractivity contribution is -0.137. The molecule has 0 unspecified atom stereocenters. The van der Waals surface area contributed by atoms with Crippen molar-refractivity contribution in [3.63, 3.8) is 0 Å². The summed E-state index contributed by atoms with van der Waals surface area (Å²) in [5.74, 6) is 0.653. The highest BCUT2D eigenvalue weighted by atomic mass is 19.4. The molecule has 1 aliphatic rings. The molecule has 10 heteroatoms. The van der Waals surface area contributed by atoms with Crippen LogP contribution < -0.4 is 10.2 Å². The van der Waals surface area contributed by atoms with E-state index in [-0.39, 0.29) is 17.1 Å². The number of nitriles is 1. The van der Waals surface area contributed by atoms with Gasteiger partial charge in [-0.05, 0) is 42.2 Å². The average Bonchev–Trinajstić information content (AvgIpc) is 3.17. The molecule has 3 rings (SSSR count). The van der Waals surface area contributed by atoms with Crippen LogP contribution in [-0.4, -0.2) is 33.7 Å². The van der Waals surface area contributed by atoms with E-state index in [1.165, 1.54) is 12.3 Å². The predicted octanol–water partition coefficient (Wildman–Crippen LogP) is 3.43. The van der Waals surface area contributed by atoms with Gasteiger partial charge in [0.1, 0.15) is 11.6 Å². The lowest BCUT2D eigenvalue weighted by Crippen LogP contribution is -2.33. The third-order valence-corrected chi connectivity index (χ3v) is 4.53. The van der Waals surface area contributed by atoms with Crippen LogP contribution in [0.3, 0.4) is 0 Å². The van der Waals surface area contributed by atoms with E-state index in [1.807, 2.05) is 6.07 Å². The van der Waals surface area contributed by atoms with Crippen molar-refractivity contribution in [2.45, 2.75) is 25.9 Å². The lowest BCUT2D eigenvalue weighted by atomic mass is 9.98. The van der Waals surface area contributed by atoms with Crippen LogP contribution in [0.2, 0.25) is 0 Å². The first kappa shape index (κ1) is 18.7. The number of H-pyrrole nitrogens is 1. The predicted molar refractivity (Wildman–Crippen MR) is 93.4 cm³/mol. The van der Waals surface area contributed by atoms with Gasteiger partial charge in [0, 0.05) is 19.3 Å². The number of benzene rings is 1. The second-order valence-corrected chi connectivity index (χ2v) is 6.45. The van der Waals surface area contributed by atoms with Gasteiger partial charge in [-0.2, -0.15) is 23.6 Å². The fraction of sp³-hybridized carbons (Fsp3) is 0.412. The van der Waals surface area contributed by atoms with E-state index in [2.05, 4.69) is 37.8 Å². The molecule has 1 aromatic carbocycles. The summed E-state index contributed by atoms with van der Waals surface area (Å²) >= 11 is 0. The molecule has 1 aliphatic heterocycles. The van der Waals surface area contributed by atoms with Crippen molar-refractivity contribution < 1.29 is 13.2 Å². The largest absolute Gasteiger partial charge is 0.416 e. The number of hydrogen-bond donors (Lipinski definition) is 2. The number of nitrogens with zero attached hydrogens (tertiary/aromatic N) is 5. The molecule has 0 saturated carbocycles. The van der Waals surface area contributed by atoms with Crippen LogP contribution in [0.15, 0.2) is 24.4 Å². The Morgan fingerprint density at radius 2 is 2.11 bits per heavy atom. The summed E-state index contributed by atoms with van der Waals surface area (Å²) in [6, 6.07) is 5.50. The summed E-state index contributed by atoms with van der Waals surface area (Å²) in [6.45, 7) is 3.69. The van der Waals surface area contributed by atoms with E-state index >= 15 is 0 Å². The maximum atomic E-state index is 13.1. The molecule has 1 saturated heterocycles. The number of allylic oxidation sites excluding steroid dienone is 1. The molecule has 0 radical (unpaired) electrons. The van der Waals surface area contributed by atoms with Gasteiger partial charge in [0.15, 0.2) is 0 Å². The Balaban J connectivity index is 1.94. The highest BCUT2D eigenvalue weighted by molar-refractivity contribution is 5.78.